The summed E-state index contributed by atoms with van der Waals surface area (Å²) in [6, 6.07) is 11.7. The number of carbonyl (C=O) groups is 2. The first-order chi connectivity index (χ1) is 15.2. The van der Waals surface area contributed by atoms with E-state index >= 15 is 0 Å². The van der Waals surface area contributed by atoms with Gasteiger partial charge in [-0.2, -0.15) is 0 Å². The van der Waals surface area contributed by atoms with Crippen molar-refractivity contribution in [3.63, 3.8) is 0 Å². The minimum absolute atomic E-state index is 0.0270. The van der Waals surface area contributed by atoms with Crippen LogP contribution in [0.4, 0.5) is 0 Å². The number of nitrogens with one attached hydrogen (secondary N) is 2. The Labute approximate surface area is 203 Å². The average molecular weight is 538 g/mol. The van der Waals surface area contributed by atoms with Crippen LogP contribution in [0.25, 0.3) is 10.9 Å². The second kappa shape index (κ2) is 11.0. The molecule has 0 spiro atoms. The molecule has 0 saturated carbocycles. The first-order valence-electron chi connectivity index (χ1n) is 9.92. The number of hydrogen-bond acceptors (Lipinski definition) is 5. The third-order valence-electron chi connectivity index (χ3n) is 4.57. The fourth-order valence-corrected chi connectivity index (χ4v) is 4.09. The largest absolute Gasteiger partial charge is 0.287 e. The second-order valence-corrected chi connectivity index (χ2v) is 9.79. The van der Waals surface area contributed by atoms with Gasteiger partial charge in [0.15, 0.2) is 5.16 Å². The number of nitrogens with zero attached hydrogens (tertiary/aromatic N) is 2. The van der Waals surface area contributed by atoms with Crippen molar-refractivity contribution in [2.24, 2.45) is 5.92 Å². The van der Waals surface area contributed by atoms with Gasteiger partial charge >= 0.3 is 0 Å². The minimum Gasteiger partial charge on any atom is -0.287 e. The van der Waals surface area contributed by atoms with Crippen LogP contribution in [0.3, 0.4) is 0 Å². The zero-order valence-electron chi connectivity index (χ0n) is 17.5. The number of halogens is 2. The van der Waals surface area contributed by atoms with E-state index in [2.05, 4.69) is 45.6 Å². The Morgan fingerprint density at radius 2 is 1.88 bits per heavy atom. The monoisotopic (exact) mass is 536 g/mol. The highest BCUT2D eigenvalue weighted by Gasteiger charge is 2.15. The van der Waals surface area contributed by atoms with Gasteiger partial charge in [-0.05, 0) is 54.8 Å². The molecule has 1 heterocycles. The number of fused-ring (bicyclic) bond motifs is 1. The smallest absolute Gasteiger partial charge is 0.269 e. The number of aromatic nitrogens is 2. The van der Waals surface area contributed by atoms with Gasteiger partial charge in [0.25, 0.3) is 11.5 Å². The lowest BCUT2D eigenvalue weighted by molar-refractivity contribution is -0.119. The molecule has 0 aliphatic carbocycles. The summed E-state index contributed by atoms with van der Waals surface area (Å²) < 4.78 is 2.44. The van der Waals surface area contributed by atoms with Crippen LogP contribution in [-0.4, -0.2) is 27.1 Å². The number of rotatable bonds is 7. The molecule has 0 unspecified atom stereocenters. The first-order valence-corrected chi connectivity index (χ1v) is 12.1. The van der Waals surface area contributed by atoms with Crippen molar-refractivity contribution in [3.05, 3.63) is 67.9 Å². The van der Waals surface area contributed by atoms with Crippen molar-refractivity contribution in [1.29, 1.82) is 0 Å². The molecule has 0 fully saturated rings. The predicted octanol–water partition coefficient (Wildman–Crippen LogP) is 4.41. The standard InChI is InChI=1S/C22H22BrClN4O3S/c1-13(2)9-10-28-21(31)17-8-7-16(24)11-18(17)25-22(28)32-12-19(29)26-27-20(30)14-3-5-15(23)6-4-14/h3-8,11,13H,9-10,12H2,1-2H3,(H,26,29)(H,27,30). The summed E-state index contributed by atoms with van der Waals surface area (Å²) in [6.07, 6.45) is 0.795. The maximum absolute atomic E-state index is 13.0. The normalized spacial score (nSPS) is 11.0. The van der Waals surface area contributed by atoms with Crippen LogP contribution in [-0.2, 0) is 11.3 Å². The Morgan fingerprint density at radius 1 is 1.16 bits per heavy atom. The number of thioether (sulfide) groups is 1. The van der Waals surface area contributed by atoms with Gasteiger partial charge in [-0.25, -0.2) is 4.98 Å². The fourth-order valence-electron chi connectivity index (χ4n) is 2.83. The van der Waals surface area contributed by atoms with Crippen LogP contribution in [0.1, 0.15) is 30.6 Å². The van der Waals surface area contributed by atoms with Crippen LogP contribution < -0.4 is 16.4 Å². The van der Waals surface area contributed by atoms with Crippen molar-refractivity contribution >= 4 is 62.0 Å². The number of hydrogen-bond donors (Lipinski definition) is 2. The molecule has 2 aromatic carbocycles. The summed E-state index contributed by atoms with van der Waals surface area (Å²) in [4.78, 5) is 42.0. The Hall–Kier alpha value is -2.36. The summed E-state index contributed by atoms with van der Waals surface area (Å²) in [5, 5.41) is 1.39. The van der Waals surface area contributed by atoms with E-state index in [1.54, 1.807) is 47.0 Å². The highest BCUT2D eigenvalue weighted by Crippen LogP contribution is 2.21. The van der Waals surface area contributed by atoms with Gasteiger partial charge in [0.1, 0.15) is 0 Å². The molecule has 3 rings (SSSR count). The highest BCUT2D eigenvalue weighted by atomic mass is 79.9. The Balaban J connectivity index is 1.71. The summed E-state index contributed by atoms with van der Waals surface area (Å²) >= 11 is 10.5. The van der Waals surface area contributed by atoms with E-state index in [0.717, 1.165) is 22.7 Å². The number of amides is 2. The predicted molar refractivity (Wildman–Crippen MR) is 131 cm³/mol. The molecule has 0 atom stereocenters. The molecular formula is C22H22BrClN4O3S. The average Bonchev–Trinajstić information content (AvgIpc) is 2.75. The van der Waals surface area contributed by atoms with E-state index in [1.807, 2.05) is 0 Å². The second-order valence-electron chi connectivity index (χ2n) is 7.49. The molecule has 0 aliphatic rings. The third kappa shape index (κ3) is 6.34. The third-order valence-corrected chi connectivity index (χ3v) is 6.31. The van der Waals surface area contributed by atoms with Gasteiger partial charge in [0, 0.05) is 21.6 Å². The molecule has 2 N–H and O–H groups in total. The van der Waals surface area contributed by atoms with Gasteiger partial charge in [0.05, 0.1) is 16.7 Å². The maximum Gasteiger partial charge on any atom is 0.269 e. The minimum atomic E-state index is -0.428. The van der Waals surface area contributed by atoms with Crippen molar-refractivity contribution in [1.82, 2.24) is 20.4 Å². The molecule has 0 bridgehead atoms. The van der Waals surface area contributed by atoms with Crippen LogP contribution in [0.5, 0.6) is 0 Å². The summed E-state index contributed by atoms with van der Waals surface area (Å²) in [5.74, 6) is -0.474. The van der Waals surface area contributed by atoms with Crippen molar-refractivity contribution in [2.45, 2.75) is 32.0 Å². The molecule has 32 heavy (non-hydrogen) atoms. The lowest BCUT2D eigenvalue weighted by Crippen LogP contribution is -2.42. The zero-order chi connectivity index (χ0) is 23.3. The van der Waals surface area contributed by atoms with E-state index in [-0.39, 0.29) is 11.3 Å². The molecule has 0 aliphatic heterocycles. The zero-order valence-corrected chi connectivity index (χ0v) is 20.7. The van der Waals surface area contributed by atoms with Crippen LogP contribution in [0, 0.1) is 5.92 Å². The summed E-state index contributed by atoms with van der Waals surface area (Å²) in [5.41, 5.74) is 5.50. The van der Waals surface area contributed by atoms with Gasteiger partial charge in [-0.1, -0.05) is 53.1 Å². The van der Waals surface area contributed by atoms with E-state index in [1.165, 1.54) is 0 Å². The van der Waals surface area contributed by atoms with Crippen molar-refractivity contribution in [3.8, 4) is 0 Å². The van der Waals surface area contributed by atoms with E-state index in [4.69, 9.17) is 11.6 Å². The topological polar surface area (TPSA) is 93.1 Å². The number of hydrazine groups is 1. The van der Waals surface area contributed by atoms with E-state index in [0.29, 0.717) is 39.1 Å². The molecule has 168 valence electrons. The maximum atomic E-state index is 13.0. The van der Waals surface area contributed by atoms with Gasteiger partial charge < -0.3 is 0 Å². The summed E-state index contributed by atoms with van der Waals surface area (Å²) in [6.45, 7) is 4.65. The first kappa shape index (κ1) is 24.3. The van der Waals surface area contributed by atoms with Gasteiger partial charge in [-0.15, -0.1) is 0 Å². The van der Waals surface area contributed by atoms with E-state index in [9.17, 15) is 14.4 Å². The molecule has 3 aromatic rings. The van der Waals surface area contributed by atoms with Crippen molar-refractivity contribution in [2.75, 3.05) is 5.75 Å². The van der Waals surface area contributed by atoms with E-state index < -0.39 is 11.8 Å². The van der Waals surface area contributed by atoms with Crippen LogP contribution >= 0.6 is 39.3 Å². The quantitative estimate of drug-likeness (QED) is 0.265. The van der Waals surface area contributed by atoms with Gasteiger partial charge in [0.2, 0.25) is 5.91 Å². The van der Waals surface area contributed by atoms with Crippen molar-refractivity contribution < 1.29 is 9.59 Å². The molecule has 1 aromatic heterocycles. The highest BCUT2D eigenvalue weighted by molar-refractivity contribution is 9.10. The molecule has 2 amide bonds. The molecule has 7 nitrogen and oxygen atoms in total. The lowest BCUT2D eigenvalue weighted by Gasteiger charge is -2.14. The van der Waals surface area contributed by atoms with Gasteiger partial charge in [-0.3, -0.25) is 29.8 Å². The number of benzene rings is 2. The lowest BCUT2D eigenvalue weighted by atomic mass is 10.1. The summed E-state index contributed by atoms with van der Waals surface area (Å²) in [7, 11) is 0. The Morgan fingerprint density at radius 3 is 2.56 bits per heavy atom. The molecule has 0 radical (unpaired) electrons. The molecule has 0 saturated heterocycles. The Kier molecular flexibility index (Phi) is 8.33. The Bertz CT molecular complexity index is 1200. The SMILES string of the molecule is CC(C)CCn1c(SCC(=O)NNC(=O)c2ccc(Br)cc2)nc2cc(Cl)ccc2c1=O. The number of carbonyl (C=O) groups excluding carboxylic acids is 2. The molecule has 10 heteroatoms. The van der Waals surface area contributed by atoms with Crippen LogP contribution in [0.2, 0.25) is 5.02 Å². The fraction of sp³-hybridized carbons (Fsp3) is 0.273. The van der Waals surface area contributed by atoms with Crippen LogP contribution in [0.15, 0.2) is 56.9 Å². The molecular weight excluding hydrogens is 516 g/mol.